The minimum atomic E-state index is 0.0822. The van der Waals surface area contributed by atoms with Gasteiger partial charge in [-0.1, -0.05) is 18.5 Å². The Morgan fingerprint density at radius 3 is 2.79 bits per heavy atom. The maximum Gasteiger partial charge on any atom is 0.0850 e. The predicted octanol–water partition coefficient (Wildman–Crippen LogP) is 3.29. The van der Waals surface area contributed by atoms with Crippen molar-refractivity contribution < 1.29 is 0 Å². The third-order valence-corrected chi connectivity index (χ3v) is 4.40. The van der Waals surface area contributed by atoms with Gasteiger partial charge in [-0.2, -0.15) is 16.4 Å². The molecule has 2 heterocycles. The minimum absolute atomic E-state index is 0.0822. The summed E-state index contributed by atoms with van der Waals surface area (Å²) < 4.78 is 1.98. The lowest BCUT2D eigenvalue weighted by Crippen LogP contribution is -2.26. The molecule has 0 radical (unpaired) electrons. The molecule has 2 aromatic rings. The van der Waals surface area contributed by atoms with Crippen LogP contribution in [0.2, 0.25) is 5.02 Å². The quantitative estimate of drug-likeness (QED) is 0.889. The van der Waals surface area contributed by atoms with E-state index in [-0.39, 0.29) is 6.04 Å². The molecule has 19 heavy (non-hydrogen) atoms. The number of nitrogens with two attached hydrogens (primary N) is 1. The summed E-state index contributed by atoms with van der Waals surface area (Å²) in [5, 5.41) is 9.56. The van der Waals surface area contributed by atoms with Crippen LogP contribution in [0.15, 0.2) is 16.8 Å². The summed E-state index contributed by atoms with van der Waals surface area (Å²) in [6.07, 6.45) is 2.52. The summed E-state index contributed by atoms with van der Waals surface area (Å²) in [5.41, 5.74) is 9.59. The van der Waals surface area contributed by atoms with E-state index in [0.717, 1.165) is 42.2 Å². The van der Waals surface area contributed by atoms with E-state index in [4.69, 9.17) is 17.3 Å². The van der Waals surface area contributed by atoms with E-state index >= 15 is 0 Å². The van der Waals surface area contributed by atoms with E-state index < -0.39 is 0 Å². The van der Waals surface area contributed by atoms with Gasteiger partial charge in [-0.25, -0.2) is 0 Å². The van der Waals surface area contributed by atoms with Gasteiger partial charge in [-0.3, -0.25) is 4.68 Å². The smallest absolute Gasteiger partial charge is 0.0850 e. The SMILES string of the molecule is CCc1nn(CC)c(CC(N)Cc2ccsc2)c1Cl. The van der Waals surface area contributed by atoms with Gasteiger partial charge < -0.3 is 5.73 Å². The zero-order valence-electron chi connectivity index (χ0n) is 11.4. The average molecular weight is 298 g/mol. The van der Waals surface area contributed by atoms with Gasteiger partial charge in [-0.05, 0) is 42.2 Å². The van der Waals surface area contributed by atoms with Crippen molar-refractivity contribution in [3.05, 3.63) is 38.8 Å². The molecule has 0 bridgehead atoms. The molecule has 0 spiro atoms. The molecule has 0 saturated heterocycles. The molecule has 3 nitrogen and oxygen atoms in total. The third-order valence-electron chi connectivity index (χ3n) is 3.23. The molecule has 1 atom stereocenters. The van der Waals surface area contributed by atoms with Crippen LogP contribution in [0.25, 0.3) is 0 Å². The first kappa shape index (κ1) is 14.6. The maximum absolute atomic E-state index is 6.40. The van der Waals surface area contributed by atoms with Crippen LogP contribution in [-0.2, 0) is 25.8 Å². The van der Waals surface area contributed by atoms with Crippen LogP contribution in [0.1, 0.15) is 30.8 Å². The minimum Gasteiger partial charge on any atom is -0.327 e. The summed E-state index contributed by atoms with van der Waals surface area (Å²) in [5.74, 6) is 0. The van der Waals surface area contributed by atoms with Crippen LogP contribution in [-0.4, -0.2) is 15.8 Å². The highest BCUT2D eigenvalue weighted by atomic mass is 35.5. The zero-order valence-corrected chi connectivity index (χ0v) is 13.0. The summed E-state index contributed by atoms with van der Waals surface area (Å²) in [4.78, 5) is 0. The number of thiophene rings is 1. The summed E-state index contributed by atoms with van der Waals surface area (Å²) in [6, 6.07) is 2.21. The summed E-state index contributed by atoms with van der Waals surface area (Å²) >= 11 is 8.10. The van der Waals surface area contributed by atoms with Crippen molar-refractivity contribution in [2.45, 2.75) is 45.7 Å². The highest BCUT2D eigenvalue weighted by Crippen LogP contribution is 2.23. The largest absolute Gasteiger partial charge is 0.327 e. The Morgan fingerprint density at radius 2 is 2.21 bits per heavy atom. The van der Waals surface area contributed by atoms with E-state index in [1.165, 1.54) is 5.56 Å². The fourth-order valence-corrected chi connectivity index (χ4v) is 3.27. The molecule has 2 aromatic heterocycles. The van der Waals surface area contributed by atoms with Crippen LogP contribution in [0, 0.1) is 0 Å². The topological polar surface area (TPSA) is 43.8 Å². The highest BCUT2D eigenvalue weighted by molar-refractivity contribution is 7.07. The lowest BCUT2D eigenvalue weighted by Gasteiger charge is -2.12. The number of aryl methyl sites for hydroxylation is 2. The van der Waals surface area contributed by atoms with Gasteiger partial charge in [0.2, 0.25) is 0 Å². The Kier molecular flexibility index (Phi) is 5.02. The first-order valence-corrected chi connectivity index (χ1v) is 7.98. The number of rotatable bonds is 6. The molecule has 2 rings (SSSR count). The highest BCUT2D eigenvalue weighted by Gasteiger charge is 2.17. The predicted molar refractivity (Wildman–Crippen MR) is 82.0 cm³/mol. The second-order valence-corrected chi connectivity index (χ2v) is 5.83. The monoisotopic (exact) mass is 297 g/mol. The number of hydrogen-bond acceptors (Lipinski definition) is 3. The molecule has 0 aliphatic carbocycles. The maximum atomic E-state index is 6.40. The van der Waals surface area contributed by atoms with Crippen molar-refractivity contribution in [2.24, 2.45) is 5.73 Å². The molecule has 0 aromatic carbocycles. The molecule has 104 valence electrons. The molecule has 0 aliphatic rings. The van der Waals surface area contributed by atoms with Crippen molar-refractivity contribution in [2.75, 3.05) is 0 Å². The molecule has 1 unspecified atom stereocenters. The van der Waals surface area contributed by atoms with Crippen molar-refractivity contribution >= 4 is 22.9 Å². The molecule has 0 amide bonds. The number of halogens is 1. The Morgan fingerprint density at radius 1 is 1.42 bits per heavy atom. The van der Waals surface area contributed by atoms with E-state index in [9.17, 15) is 0 Å². The second-order valence-electron chi connectivity index (χ2n) is 4.68. The standard InChI is InChI=1S/C14H20ClN3S/c1-3-12-14(15)13(18(4-2)17-12)8-11(16)7-10-5-6-19-9-10/h5-6,9,11H,3-4,7-8,16H2,1-2H3. The number of nitrogens with zero attached hydrogens (tertiary/aromatic N) is 2. The average Bonchev–Trinajstić information content (AvgIpc) is 2.99. The van der Waals surface area contributed by atoms with E-state index in [2.05, 4.69) is 35.8 Å². The molecule has 2 N–H and O–H groups in total. The zero-order chi connectivity index (χ0) is 13.8. The second kappa shape index (κ2) is 6.55. The lowest BCUT2D eigenvalue weighted by atomic mass is 10.0. The van der Waals surface area contributed by atoms with Crippen molar-refractivity contribution in [3.63, 3.8) is 0 Å². The number of aromatic nitrogens is 2. The van der Waals surface area contributed by atoms with E-state index in [0.29, 0.717) is 0 Å². The third kappa shape index (κ3) is 3.38. The van der Waals surface area contributed by atoms with Crippen molar-refractivity contribution in [1.29, 1.82) is 0 Å². The van der Waals surface area contributed by atoms with Crippen molar-refractivity contribution in [3.8, 4) is 0 Å². The van der Waals surface area contributed by atoms with Crippen LogP contribution >= 0.6 is 22.9 Å². The van der Waals surface area contributed by atoms with Gasteiger partial charge >= 0.3 is 0 Å². The Bertz CT molecular complexity index is 519. The van der Waals surface area contributed by atoms with Gasteiger partial charge in [0.05, 0.1) is 16.4 Å². The van der Waals surface area contributed by atoms with Crippen molar-refractivity contribution in [1.82, 2.24) is 9.78 Å². The molecule has 5 heteroatoms. The fourth-order valence-electron chi connectivity index (χ4n) is 2.24. The van der Waals surface area contributed by atoms with Gasteiger partial charge in [0.15, 0.2) is 0 Å². The van der Waals surface area contributed by atoms with Gasteiger partial charge in [0.1, 0.15) is 0 Å². The molecule has 0 fully saturated rings. The Balaban J connectivity index is 2.11. The molecular weight excluding hydrogens is 278 g/mol. The lowest BCUT2D eigenvalue weighted by molar-refractivity contribution is 0.573. The summed E-state index contributed by atoms with van der Waals surface area (Å²) in [6.45, 7) is 4.99. The Labute approximate surface area is 123 Å². The molecule has 0 saturated carbocycles. The summed E-state index contributed by atoms with van der Waals surface area (Å²) in [7, 11) is 0. The normalized spacial score (nSPS) is 12.8. The van der Waals surface area contributed by atoms with Gasteiger partial charge in [0.25, 0.3) is 0 Å². The van der Waals surface area contributed by atoms with Crippen LogP contribution in [0.4, 0.5) is 0 Å². The molecule has 0 aliphatic heterocycles. The van der Waals surface area contributed by atoms with E-state index in [1.54, 1.807) is 11.3 Å². The van der Waals surface area contributed by atoms with Crippen LogP contribution in [0.5, 0.6) is 0 Å². The number of hydrogen-bond donors (Lipinski definition) is 1. The first-order valence-electron chi connectivity index (χ1n) is 6.66. The first-order chi connectivity index (χ1) is 9.15. The van der Waals surface area contributed by atoms with E-state index in [1.807, 2.05) is 4.68 Å². The van der Waals surface area contributed by atoms with Crippen LogP contribution in [0.3, 0.4) is 0 Å². The Hall–Kier alpha value is -0.840. The van der Waals surface area contributed by atoms with Gasteiger partial charge in [0, 0.05) is 19.0 Å². The van der Waals surface area contributed by atoms with Crippen LogP contribution < -0.4 is 5.73 Å². The van der Waals surface area contributed by atoms with Gasteiger partial charge in [-0.15, -0.1) is 0 Å². The molecular formula is C14H20ClN3S. The fraction of sp³-hybridized carbons (Fsp3) is 0.500.